The molecule has 2 rings (SSSR count). The Morgan fingerprint density at radius 2 is 2.31 bits per heavy atom. The molecule has 0 aliphatic heterocycles. The summed E-state index contributed by atoms with van der Waals surface area (Å²) >= 11 is 0. The standard InChI is InChI=1S/C10H11FO2/c11-10(8-4-6-13-7-8)5-2-1-3-9(10)12/h4,6-7H,1-3,5H2/t10-/m1/s1. The van der Waals surface area contributed by atoms with E-state index in [4.69, 9.17) is 4.42 Å². The van der Waals surface area contributed by atoms with Gasteiger partial charge in [-0.1, -0.05) is 0 Å². The highest BCUT2D eigenvalue weighted by molar-refractivity contribution is 5.88. The second-order valence-electron chi connectivity index (χ2n) is 3.44. The monoisotopic (exact) mass is 182 g/mol. The lowest BCUT2D eigenvalue weighted by Gasteiger charge is -2.26. The minimum absolute atomic E-state index is 0.297. The fourth-order valence-electron chi connectivity index (χ4n) is 1.79. The van der Waals surface area contributed by atoms with Crippen molar-refractivity contribution in [2.45, 2.75) is 31.4 Å². The van der Waals surface area contributed by atoms with Crippen LogP contribution in [0.3, 0.4) is 0 Å². The van der Waals surface area contributed by atoms with Gasteiger partial charge < -0.3 is 4.42 Å². The average molecular weight is 182 g/mol. The van der Waals surface area contributed by atoms with Gasteiger partial charge in [0, 0.05) is 12.0 Å². The third-order valence-corrected chi connectivity index (χ3v) is 2.60. The minimum Gasteiger partial charge on any atom is -0.472 e. The highest BCUT2D eigenvalue weighted by Crippen LogP contribution is 2.38. The summed E-state index contributed by atoms with van der Waals surface area (Å²) < 4.78 is 18.9. The quantitative estimate of drug-likeness (QED) is 0.668. The smallest absolute Gasteiger partial charge is 0.196 e. The summed E-state index contributed by atoms with van der Waals surface area (Å²) in [6.07, 6.45) is 4.95. The first-order valence-corrected chi connectivity index (χ1v) is 4.48. The number of carbonyl (C=O) groups excluding carboxylic acids is 1. The van der Waals surface area contributed by atoms with Crippen LogP contribution in [0.25, 0.3) is 0 Å². The van der Waals surface area contributed by atoms with Gasteiger partial charge in [0.2, 0.25) is 0 Å². The van der Waals surface area contributed by atoms with Crippen molar-refractivity contribution < 1.29 is 13.6 Å². The summed E-state index contributed by atoms with van der Waals surface area (Å²) in [5.74, 6) is -0.305. The van der Waals surface area contributed by atoms with Gasteiger partial charge in [-0.25, -0.2) is 4.39 Å². The Kier molecular flexibility index (Phi) is 1.94. The van der Waals surface area contributed by atoms with Crippen LogP contribution in [0.4, 0.5) is 4.39 Å². The topological polar surface area (TPSA) is 30.2 Å². The van der Waals surface area contributed by atoms with Crippen molar-refractivity contribution in [2.24, 2.45) is 0 Å². The van der Waals surface area contributed by atoms with E-state index in [1.807, 2.05) is 0 Å². The second-order valence-corrected chi connectivity index (χ2v) is 3.44. The summed E-state index contributed by atoms with van der Waals surface area (Å²) in [6.45, 7) is 0. The molecule has 1 aliphatic carbocycles. The molecule has 0 bridgehead atoms. The zero-order valence-corrected chi connectivity index (χ0v) is 7.25. The molecule has 0 N–H and O–H groups in total. The molecule has 70 valence electrons. The van der Waals surface area contributed by atoms with Gasteiger partial charge in [-0.3, -0.25) is 4.79 Å². The van der Waals surface area contributed by atoms with E-state index >= 15 is 0 Å². The molecule has 2 nitrogen and oxygen atoms in total. The molecule has 0 saturated heterocycles. The van der Waals surface area contributed by atoms with Crippen molar-refractivity contribution in [2.75, 3.05) is 0 Å². The van der Waals surface area contributed by atoms with Crippen LogP contribution in [-0.4, -0.2) is 5.78 Å². The number of ketones is 1. The van der Waals surface area contributed by atoms with Gasteiger partial charge in [0.1, 0.15) is 0 Å². The van der Waals surface area contributed by atoms with Crippen LogP contribution in [0.1, 0.15) is 31.2 Å². The maximum absolute atomic E-state index is 14.1. The van der Waals surface area contributed by atoms with E-state index in [1.54, 1.807) is 0 Å². The molecule has 1 atom stereocenters. The molecule has 1 aliphatic rings. The Labute approximate surface area is 75.7 Å². The van der Waals surface area contributed by atoms with E-state index in [-0.39, 0.29) is 5.78 Å². The van der Waals surface area contributed by atoms with Crippen molar-refractivity contribution in [3.05, 3.63) is 24.2 Å². The fraction of sp³-hybridized carbons (Fsp3) is 0.500. The van der Waals surface area contributed by atoms with Gasteiger partial charge in [0.25, 0.3) is 0 Å². The van der Waals surface area contributed by atoms with Crippen molar-refractivity contribution in [1.29, 1.82) is 0 Å². The van der Waals surface area contributed by atoms with E-state index in [0.717, 1.165) is 12.8 Å². The predicted molar refractivity (Wildman–Crippen MR) is 45.0 cm³/mol. The molecule has 0 unspecified atom stereocenters. The number of carbonyl (C=O) groups is 1. The molecule has 0 amide bonds. The van der Waals surface area contributed by atoms with Crippen molar-refractivity contribution in [1.82, 2.24) is 0 Å². The predicted octanol–water partition coefficient (Wildman–Crippen LogP) is 2.59. The lowest BCUT2D eigenvalue weighted by molar-refractivity contribution is -0.134. The minimum atomic E-state index is -1.77. The van der Waals surface area contributed by atoms with Crippen molar-refractivity contribution in [3.8, 4) is 0 Å². The molecular weight excluding hydrogens is 171 g/mol. The SMILES string of the molecule is O=C1CCCC[C@@]1(F)c1ccoc1. The summed E-state index contributed by atoms with van der Waals surface area (Å²) in [4.78, 5) is 11.4. The Hall–Kier alpha value is -1.12. The van der Waals surface area contributed by atoms with Gasteiger partial charge in [-0.2, -0.15) is 0 Å². The van der Waals surface area contributed by atoms with E-state index < -0.39 is 5.67 Å². The molecule has 0 radical (unpaired) electrons. The van der Waals surface area contributed by atoms with Crippen LogP contribution < -0.4 is 0 Å². The van der Waals surface area contributed by atoms with E-state index in [9.17, 15) is 9.18 Å². The zero-order chi connectivity index (χ0) is 9.31. The molecule has 0 aromatic carbocycles. The Balaban J connectivity index is 2.33. The van der Waals surface area contributed by atoms with Crippen LogP contribution >= 0.6 is 0 Å². The molecule has 3 heteroatoms. The zero-order valence-electron chi connectivity index (χ0n) is 7.25. The van der Waals surface area contributed by atoms with Crippen LogP contribution in [0.5, 0.6) is 0 Å². The van der Waals surface area contributed by atoms with Gasteiger partial charge in [-0.15, -0.1) is 0 Å². The van der Waals surface area contributed by atoms with Crippen molar-refractivity contribution in [3.63, 3.8) is 0 Å². The molecule has 0 spiro atoms. The highest BCUT2D eigenvalue weighted by Gasteiger charge is 2.42. The normalized spacial score (nSPS) is 29.2. The Bertz CT molecular complexity index is 305. The third-order valence-electron chi connectivity index (χ3n) is 2.60. The number of hydrogen-bond acceptors (Lipinski definition) is 2. The third kappa shape index (κ3) is 1.28. The van der Waals surface area contributed by atoms with E-state index in [2.05, 4.69) is 0 Å². The first kappa shape index (κ1) is 8.48. The number of hydrogen-bond donors (Lipinski definition) is 0. The molecule has 1 heterocycles. The molecular formula is C10H11FO2. The Morgan fingerprint density at radius 1 is 1.46 bits per heavy atom. The summed E-state index contributed by atoms with van der Waals surface area (Å²) in [5.41, 5.74) is -1.40. The first-order chi connectivity index (χ1) is 6.23. The van der Waals surface area contributed by atoms with E-state index in [1.165, 1.54) is 18.6 Å². The number of Topliss-reactive ketones (excluding diaryl/α,β-unsaturated/α-hetero) is 1. The second kappa shape index (κ2) is 2.98. The van der Waals surface area contributed by atoms with E-state index in [0.29, 0.717) is 18.4 Å². The maximum atomic E-state index is 14.1. The molecule has 1 aromatic rings. The summed E-state index contributed by atoms with van der Waals surface area (Å²) in [6, 6.07) is 1.53. The highest BCUT2D eigenvalue weighted by atomic mass is 19.1. The lowest BCUT2D eigenvalue weighted by atomic mass is 9.81. The molecule has 1 saturated carbocycles. The van der Waals surface area contributed by atoms with Crippen LogP contribution in [0.2, 0.25) is 0 Å². The van der Waals surface area contributed by atoms with Gasteiger partial charge >= 0.3 is 0 Å². The molecule has 1 aromatic heterocycles. The lowest BCUT2D eigenvalue weighted by Crippen LogP contribution is -2.33. The number of halogens is 1. The number of rotatable bonds is 1. The van der Waals surface area contributed by atoms with Gasteiger partial charge in [0.15, 0.2) is 11.5 Å². The largest absolute Gasteiger partial charge is 0.472 e. The van der Waals surface area contributed by atoms with Crippen molar-refractivity contribution >= 4 is 5.78 Å². The van der Waals surface area contributed by atoms with Crippen LogP contribution in [-0.2, 0) is 10.5 Å². The molecule has 1 fully saturated rings. The Morgan fingerprint density at radius 3 is 2.92 bits per heavy atom. The average Bonchev–Trinajstić information content (AvgIpc) is 2.63. The van der Waals surface area contributed by atoms with Crippen LogP contribution in [0, 0.1) is 0 Å². The van der Waals surface area contributed by atoms with Crippen LogP contribution in [0.15, 0.2) is 23.0 Å². The number of alkyl halides is 1. The number of furan rings is 1. The summed E-state index contributed by atoms with van der Waals surface area (Å²) in [5, 5.41) is 0. The van der Waals surface area contributed by atoms with Gasteiger partial charge in [0.05, 0.1) is 12.5 Å². The fourth-order valence-corrected chi connectivity index (χ4v) is 1.79. The maximum Gasteiger partial charge on any atom is 0.196 e. The first-order valence-electron chi connectivity index (χ1n) is 4.48. The molecule has 13 heavy (non-hydrogen) atoms. The van der Waals surface area contributed by atoms with Gasteiger partial charge in [-0.05, 0) is 25.3 Å². The summed E-state index contributed by atoms with van der Waals surface area (Å²) in [7, 11) is 0.